The summed E-state index contributed by atoms with van der Waals surface area (Å²) in [5, 5.41) is 14.2. The first-order chi connectivity index (χ1) is 19.0. The van der Waals surface area contributed by atoms with Crippen molar-refractivity contribution in [2.24, 2.45) is 0 Å². The summed E-state index contributed by atoms with van der Waals surface area (Å²) in [6.07, 6.45) is -3.74. The Hall–Kier alpha value is -4.28. The third-order valence-electron chi connectivity index (χ3n) is 5.79. The molecule has 0 saturated carbocycles. The molecule has 2 amide bonds. The Morgan fingerprint density at radius 3 is 1.90 bits per heavy atom. The van der Waals surface area contributed by atoms with E-state index in [4.69, 9.17) is 24.5 Å². The molecule has 0 bridgehead atoms. The van der Waals surface area contributed by atoms with Crippen LogP contribution in [-0.4, -0.2) is 97.9 Å². The molecule has 2 saturated heterocycles. The van der Waals surface area contributed by atoms with Crippen LogP contribution in [0.3, 0.4) is 0 Å². The Labute approximate surface area is 228 Å². The SMILES string of the molecule is O=C(O)C(F)(F)F.O=C(O)C(F)(F)F.O=C1COC2(CCN(C(=O)c3ccncc3)CC2)CN1Cc1ccccn1. The summed E-state index contributed by atoms with van der Waals surface area (Å²) in [6, 6.07) is 9.17. The summed E-state index contributed by atoms with van der Waals surface area (Å²) in [5.74, 6) is -5.51. The minimum absolute atomic E-state index is 0.0124. The lowest BCUT2D eigenvalue weighted by Gasteiger charge is -2.47. The van der Waals surface area contributed by atoms with Gasteiger partial charge in [0.2, 0.25) is 5.91 Å². The Bertz CT molecular complexity index is 1160. The normalized spacial score (nSPS) is 16.6. The van der Waals surface area contributed by atoms with Gasteiger partial charge in [-0.1, -0.05) is 6.07 Å². The lowest BCUT2D eigenvalue weighted by Crippen LogP contribution is -2.59. The van der Waals surface area contributed by atoms with Crippen LogP contribution in [0.4, 0.5) is 26.3 Å². The van der Waals surface area contributed by atoms with Crippen LogP contribution >= 0.6 is 0 Å². The molecule has 2 fully saturated rings. The van der Waals surface area contributed by atoms with E-state index in [0.717, 1.165) is 18.5 Å². The number of aromatic nitrogens is 2. The molecule has 4 rings (SSSR count). The van der Waals surface area contributed by atoms with Gasteiger partial charge in [-0.25, -0.2) is 9.59 Å². The van der Waals surface area contributed by atoms with Crippen LogP contribution in [0.5, 0.6) is 0 Å². The lowest BCUT2D eigenvalue weighted by atomic mass is 9.89. The van der Waals surface area contributed by atoms with Gasteiger partial charge in [-0.05, 0) is 37.1 Å². The average molecular weight is 594 g/mol. The molecule has 1 spiro atoms. The molecule has 41 heavy (non-hydrogen) atoms. The minimum atomic E-state index is -5.08. The predicted molar refractivity (Wildman–Crippen MR) is 125 cm³/mol. The predicted octanol–water partition coefficient (Wildman–Crippen LogP) is 2.78. The van der Waals surface area contributed by atoms with Crippen molar-refractivity contribution in [3.8, 4) is 0 Å². The number of carboxylic acids is 2. The number of nitrogens with zero attached hydrogens (tertiary/aromatic N) is 4. The quantitative estimate of drug-likeness (QED) is 0.512. The smallest absolute Gasteiger partial charge is 0.475 e. The molecule has 2 aromatic heterocycles. The number of rotatable bonds is 3. The highest BCUT2D eigenvalue weighted by Gasteiger charge is 2.43. The summed E-state index contributed by atoms with van der Waals surface area (Å²) < 4.78 is 69.4. The topological polar surface area (TPSA) is 150 Å². The molecule has 0 unspecified atom stereocenters. The van der Waals surface area contributed by atoms with E-state index in [-0.39, 0.29) is 24.0 Å². The molecule has 2 N–H and O–H groups in total. The van der Waals surface area contributed by atoms with Gasteiger partial charge in [0.25, 0.3) is 5.91 Å². The van der Waals surface area contributed by atoms with Crippen molar-refractivity contribution in [1.29, 1.82) is 0 Å². The van der Waals surface area contributed by atoms with Crippen molar-refractivity contribution in [3.05, 3.63) is 60.2 Å². The number of aliphatic carboxylic acids is 2. The molecule has 0 radical (unpaired) electrons. The summed E-state index contributed by atoms with van der Waals surface area (Å²) >= 11 is 0. The number of likely N-dealkylation sites (tertiary alicyclic amines) is 1. The van der Waals surface area contributed by atoms with Gasteiger partial charge in [0, 0.05) is 37.2 Å². The van der Waals surface area contributed by atoms with Crippen molar-refractivity contribution in [3.63, 3.8) is 0 Å². The molecule has 2 aliphatic rings. The molecule has 2 aliphatic heterocycles. The summed E-state index contributed by atoms with van der Waals surface area (Å²) in [6.45, 7) is 2.36. The van der Waals surface area contributed by atoms with E-state index >= 15 is 0 Å². The Kier molecular flexibility index (Phi) is 11.1. The highest BCUT2D eigenvalue weighted by Crippen LogP contribution is 2.31. The van der Waals surface area contributed by atoms with Crippen LogP contribution in [-0.2, 0) is 25.7 Å². The molecule has 0 aromatic carbocycles. The second kappa shape index (κ2) is 13.9. The number of amides is 2. The first-order valence-corrected chi connectivity index (χ1v) is 11.7. The van der Waals surface area contributed by atoms with Gasteiger partial charge < -0.3 is 24.7 Å². The number of piperidine rings is 1. The standard InChI is InChI=1S/C20H22N4O3.2C2HF3O2/c25-18-14-27-20(15-24(18)13-17-3-1-2-8-22-17)6-11-23(12-7-20)19(26)16-4-9-21-10-5-16;2*3-2(4,5)1(6)7/h1-5,8-10H,6-7,11-15H2;2*(H,6,7). The Morgan fingerprint density at radius 2 is 1.44 bits per heavy atom. The number of hydrogen-bond donors (Lipinski definition) is 2. The average Bonchev–Trinajstić information content (AvgIpc) is 2.92. The maximum atomic E-state index is 12.6. The Balaban J connectivity index is 0.000000349. The molecular weight excluding hydrogens is 570 g/mol. The van der Waals surface area contributed by atoms with Gasteiger partial charge in [0.1, 0.15) is 6.61 Å². The van der Waals surface area contributed by atoms with E-state index in [9.17, 15) is 35.9 Å². The van der Waals surface area contributed by atoms with Crippen LogP contribution in [0, 0.1) is 0 Å². The maximum Gasteiger partial charge on any atom is 0.490 e. The van der Waals surface area contributed by atoms with E-state index in [1.165, 1.54) is 0 Å². The van der Waals surface area contributed by atoms with Gasteiger partial charge in [-0.2, -0.15) is 26.3 Å². The highest BCUT2D eigenvalue weighted by atomic mass is 19.4. The molecule has 11 nitrogen and oxygen atoms in total. The fraction of sp³-hybridized carbons (Fsp3) is 0.417. The van der Waals surface area contributed by atoms with E-state index in [2.05, 4.69) is 9.97 Å². The van der Waals surface area contributed by atoms with Crippen LogP contribution < -0.4 is 0 Å². The molecule has 0 aliphatic carbocycles. The fourth-order valence-electron chi connectivity index (χ4n) is 3.72. The van der Waals surface area contributed by atoms with E-state index in [1.54, 1.807) is 30.7 Å². The third-order valence-corrected chi connectivity index (χ3v) is 5.79. The number of alkyl halides is 6. The zero-order valence-corrected chi connectivity index (χ0v) is 21.1. The van der Waals surface area contributed by atoms with Crippen molar-refractivity contribution in [1.82, 2.24) is 19.8 Å². The van der Waals surface area contributed by atoms with Crippen molar-refractivity contribution in [2.75, 3.05) is 26.2 Å². The van der Waals surface area contributed by atoms with Crippen LogP contribution in [0.1, 0.15) is 28.9 Å². The van der Waals surface area contributed by atoms with Crippen molar-refractivity contribution < 1.29 is 60.5 Å². The number of carboxylic acid groups (broad SMARTS) is 2. The first-order valence-electron chi connectivity index (χ1n) is 11.7. The maximum absolute atomic E-state index is 12.6. The van der Waals surface area contributed by atoms with E-state index < -0.39 is 24.3 Å². The number of pyridine rings is 2. The van der Waals surface area contributed by atoms with E-state index in [1.807, 2.05) is 28.0 Å². The third kappa shape index (κ3) is 10.3. The number of ether oxygens (including phenoxy) is 1. The molecule has 17 heteroatoms. The Morgan fingerprint density at radius 1 is 0.902 bits per heavy atom. The number of hydrogen-bond acceptors (Lipinski definition) is 7. The molecular formula is C24H24F6N4O7. The van der Waals surface area contributed by atoms with Crippen LogP contribution in [0.25, 0.3) is 0 Å². The second-order valence-corrected chi connectivity index (χ2v) is 8.68. The first kappa shape index (κ1) is 32.9. The van der Waals surface area contributed by atoms with E-state index in [0.29, 0.717) is 31.7 Å². The molecule has 224 valence electrons. The largest absolute Gasteiger partial charge is 0.490 e. The van der Waals surface area contributed by atoms with Crippen LogP contribution in [0.15, 0.2) is 48.9 Å². The molecule has 2 aromatic rings. The molecule has 0 atom stereocenters. The lowest BCUT2D eigenvalue weighted by molar-refractivity contribution is -0.193. The second-order valence-electron chi connectivity index (χ2n) is 8.68. The zero-order chi connectivity index (χ0) is 30.8. The highest BCUT2D eigenvalue weighted by molar-refractivity contribution is 5.94. The summed E-state index contributed by atoms with van der Waals surface area (Å²) in [7, 11) is 0. The van der Waals surface area contributed by atoms with Gasteiger partial charge in [-0.15, -0.1) is 0 Å². The number of carbonyl (C=O) groups is 4. The van der Waals surface area contributed by atoms with Gasteiger partial charge in [-0.3, -0.25) is 19.6 Å². The minimum Gasteiger partial charge on any atom is -0.475 e. The number of carbonyl (C=O) groups excluding carboxylic acids is 2. The monoisotopic (exact) mass is 594 g/mol. The van der Waals surface area contributed by atoms with Gasteiger partial charge in [0.15, 0.2) is 0 Å². The van der Waals surface area contributed by atoms with Gasteiger partial charge in [0.05, 0.1) is 24.4 Å². The number of morpholine rings is 1. The zero-order valence-electron chi connectivity index (χ0n) is 21.1. The van der Waals surface area contributed by atoms with Crippen LogP contribution in [0.2, 0.25) is 0 Å². The summed E-state index contributed by atoms with van der Waals surface area (Å²) in [4.78, 5) is 54.6. The number of halogens is 6. The fourth-order valence-corrected chi connectivity index (χ4v) is 3.72. The van der Waals surface area contributed by atoms with Gasteiger partial charge >= 0.3 is 24.3 Å². The summed E-state index contributed by atoms with van der Waals surface area (Å²) in [5.41, 5.74) is 1.14. The van der Waals surface area contributed by atoms with Crippen molar-refractivity contribution in [2.45, 2.75) is 37.3 Å². The van der Waals surface area contributed by atoms with Crippen molar-refractivity contribution >= 4 is 23.8 Å². The molecule has 4 heterocycles.